The zero-order chi connectivity index (χ0) is 19.8. The first-order chi connectivity index (χ1) is 13.1. The maximum atomic E-state index is 10.3. The van der Waals surface area contributed by atoms with Gasteiger partial charge in [-0.3, -0.25) is 0 Å². The van der Waals surface area contributed by atoms with E-state index in [2.05, 4.69) is 22.6 Å². The highest BCUT2D eigenvalue weighted by Crippen LogP contribution is 2.25. The molecule has 4 atom stereocenters. The Balaban J connectivity index is 2.23. The predicted octanol–water partition coefficient (Wildman–Crippen LogP) is 0.137. The van der Waals surface area contributed by atoms with Crippen LogP contribution in [-0.2, 0) is 22.4 Å². The van der Waals surface area contributed by atoms with Gasteiger partial charge >= 0.3 is 0 Å². The first-order valence-electron chi connectivity index (χ1n) is 9.95. The van der Waals surface area contributed by atoms with Crippen molar-refractivity contribution in [3.8, 4) is 0 Å². The minimum absolute atomic E-state index is 0.248. The van der Waals surface area contributed by atoms with E-state index in [1.165, 1.54) is 0 Å². The molecule has 0 aromatic carbocycles. The first-order valence-corrected chi connectivity index (χ1v) is 9.95. The van der Waals surface area contributed by atoms with Crippen molar-refractivity contribution in [2.75, 3.05) is 19.8 Å². The van der Waals surface area contributed by atoms with Crippen LogP contribution in [0.2, 0.25) is 0 Å². The normalized spacial score (nSPS) is 25.6. The highest BCUT2D eigenvalue weighted by molar-refractivity contribution is 5.13. The van der Waals surface area contributed by atoms with Crippen LogP contribution in [-0.4, -0.2) is 74.4 Å². The zero-order valence-corrected chi connectivity index (χ0v) is 16.5. The minimum Gasteiger partial charge on any atom is -0.395 e. The van der Waals surface area contributed by atoms with Crippen LogP contribution in [0, 0.1) is 0 Å². The van der Waals surface area contributed by atoms with E-state index in [0.29, 0.717) is 19.8 Å². The third-order valence-corrected chi connectivity index (χ3v) is 4.89. The highest BCUT2D eigenvalue weighted by atomic mass is 16.7. The molecule has 9 heteroatoms. The lowest BCUT2D eigenvalue weighted by atomic mass is 10.1. The van der Waals surface area contributed by atoms with Crippen LogP contribution < -0.4 is 5.32 Å². The molecule has 0 radical (unpaired) electrons. The summed E-state index contributed by atoms with van der Waals surface area (Å²) >= 11 is 0. The Labute approximate surface area is 160 Å². The quantitative estimate of drug-likeness (QED) is 0.296. The predicted molar refractivity (Wildman–Crippen MR) is 99.1 cm³/mol. The lowest BCUT2D eigenvalue weighted by molar-refractivity contribution is -0.145. The summed E-state index contributed by atoms with van der Waals surface area (Å²) < 4.78 is 13.2. The number of ether oxygens (including phenoxy) is 2. The van der Waals surface area contributed by atoms with Gasteiger partial charge in [0.15, 0.2) is 0 Å². The molecule has 1 aliphatic heterocycles. The third kappa shape index (κ3) is 5.46. The van der Waals surface area contributed by atoms with Crippen LogP contribution >= 0.6 is 0 Å². The van der Waals surface area contributed by atoms with Gasteiger partial charge in [0.25, 0.3) is 0 Å². The molecule has 0 bridgehead atoms. The Kier molecular flexibility index (Phi) is 9.07. The summed E-state index contributed by atoms with van der Waals surface area (Å²) in [6.07, 6.45) is 1.40. The molecule has 1 aromatic rings. The second-order valence-corrected chi connectivity index (χ2v) is 6.85. The van der Waals surface area contributed by atoms with Crippen LogP contribution in [0.5, 0.6) is 0 Å². The van der Waals surface area contributed by atoms with E-state index in [-0.39, 0.29) is 6.61 Å². The molecule has 0 spiro atoms. The molecule has 156 valence electrons. The van der Waals surface area contributed by atoms with Gasteiger partial charge in [-0.25, -0.2) is 4.68 Å². The molecule has 0 amide bonds. The number of rotatable bonds is 12. The molecule has 1 saturated heterocycles. The maximum absolute atomic E-state index is 10.3. The summed E-state index contributed by atoms with van der Waals surface area (Å²) in [5.41, 5.74) is 1.59. The number of aryl methyl sites for hydroxylation is 1. The van der Waals surface area contributed by atoms with Crippen molar-refractivity contribution < 1.29 is 24.8 Å². The molecule has 1 aliphatic rings. The fourth-order valence-corrected chi connectivity index (χ4v) is 3.43. The van der Waals surface area contributed by atoms with Crippen molar-refractivity contribution in [2.24, 2.45) is 0 Å². The van der Waals surface area contributed by atoms with Crippen LogP contribution in [0.1, 0.15) is 57.7 Å². The van der Waals surface area contributed by atoms with Crippen molar-refractivity contribution in [3.63, 3.8) is 0 Å². The van der Waals surface area contributed by atoms with E-state index >= 15 is 0 Å². The minimum atomic E-state index is -1.02. The number of aliphatic hydroxyl groups excluding tert-OH is 3. The summed E-state index contributed by atoms with van der Waals surface area (Å²) in [5, 5.41) is 41.3. The monoisotopic (exact) mass is 386 g/mol. The van der Waals surface area contributed by atoms with Gasteiger partial charge in [0, 0.05) is 13.2 Å². The highest BCUT2D eigenvalue weighted by Gasteiger charge is 2.41. The first kappa shape index (κ1) is 22.2. The summed E-state index contributed by atoms with van der Waals surface area (Å²) in [7, 11) is 0. The molecule has 9 nitrogen and oxygen atoms in total. The van der Waals surface area contributed by atoms with Crippen LogP contribution in [0.4, 0.5) is 0 Å². The Morgan fingerprint density at radius 3 is 2.30 bits per heavy atom. The molecule has 1 fully saturated rings. The Morgan fingerprint density at radius 2 is 1.74 bits per heavy atom. The van der Waals surface area contributed by atoms with Crippen molar-refractivity contribution in [2.45, 2.75) is 83.6 Å². The Bertz CT molecular complexity index is 550. The molecule has 2 heterocycles. The van der Waals surface area contributed by atoms with Gasteiger partial charge in [-0.1, -0.05) is 25.0 Å². The van der Waals surface area contributed by atoms with Gasteiger partial charge in [0.05, 0.1) is 43.1 Å². The topological polar surface area (TPSA) is 122 Å². The third-order valence-electron chi connectivity index (χ3n) is 4.89. The summed E-state index contributed by atoms with van der Waals surface area (Å²) in [5.74, 6) is 0. The number of unbranched alkanes of at least 4 members (excludes halogenated alkanes) is 2. The molecule has 2 rings (SSSR count). The average molecular weight is 386 g/mol. The van der Waals surface area contributed by atoms with E-state index < -0.39 is 30.6 Å². The average Bonchev–Trinajstić information content (AvgIpc) is 3.17. The molecule has 4 N–H and O–H groups in total. The largest absolute Gasteiger partial charge is 0.395 e. The van der Waals surface area contributed by atoms with Gasteiger partial charge in [-0.15, -0.1) is 5.10 Å². The second kappa shape index (κ2) is 11.0. The zero-order valence-electron chi connectivity index (χ0n) is 16.5. The second-order valence-electron chi connectivity index (χ2n) is 6.85. The molecule has 0 unspecified atom stereocenters. The number of nitrogens with one attached hydrogen (secondary N) is 1. The van der Waals surface area contributed by atoms with Crippen LogP contribution in [0.3, 0.4) is 0 Å². The van der Waals surface area contributed by atoms with E-state index in [9.17, 15) is 15.3 Å². The van der Waals surface area contributed by atoms with E-state index in [1.54, 1.807) is 4.68 Å². The SMILES string of the molecule is CCCCCc1nnn(C[C@H]2N[C@H](CO)[C@@H](O)[C@@H]2O)c1C(OCC)OCC. The lowest BCUT2D eigenvalue weighted by Crippen LogP contribution is -2.39. The number of nitrogens with zero attached hydrogens (tertiary/aromatic N) is 3. The Hall–Kier alpha value is -1.10. The van der Waals surface area contributed by atoms with Gasteiger partial charge < -0.3 is 30.1 Å². The summed E-state index contributed by atoms with van der Waals surface area (Å²) in [6, 6.07) is -1.01. The number of aromatic nitrogens is 3. The fraction of sp³-hybridized carbons (Fsp3) is 0.889. The molecule has 0 saturated carbocycles. The van der Waals surface area contributed by atoms with Crippen molar-refractivity contribution >= 4 is 0 Å². The number of aliphatic hydroxyl groups is 3. The van der Waals surface area contributed by atoms with Gasteiger partial charge in [-0.2, -0.15) is 0 Å². The van der Waals surface area contributed by atoms with Crippen LogP contribution in [0.15, 0.2) is 0 Å². The van der Waals surface area contributed by atoms with Gasteiger partial charge in [0.2, 0.25) is 6.29 Å². The standard InChI is InChI=1S/C18H34N4O5/c1-4-7-8-9-12-15(18(26-5-2)27-6-3)22(21-20-12)10-13-16(24)17(25)14(11-23)19-13/h13-14,16-19,23-25H,4-11H2,1-3H3/t13-,14-,16-,17-/m1/s1. The molecular formula is C18H34N4O5. The van der Waals surface area contributed by atoms with Gasteiger partial charge in [0.1, 0.15) is 5.69 Å². The molecular weight excluding hydrogens is 352 g/mol. The number of hydrogen-bond acceptors (Lipinski definition) is 8. The maximum Gasteiger partial charge on any atom is 0.202 e. The Morgan fingerprint density at radius 1 is 1.07 bits per heavy atom. The van der Waals surface area contributed by atoms with Gasteiger partial charge in [-0.05, 0) is 26.7 Å². The van der Waals surface area contributed by atoms with E-state index in [1.807, 2.05) is 13.8 Å². The summed E-state index contributed by atoms with van der Waals surface area (Å²) in [4.78, 5) is 0. The van der Waals surface area contributed by atoms with Crippen molar-refractivity contribution in [1.82, 2.24) is 20.3 Å². The van der Waals surface area contributed by atoms with Crippen molar-refractivity contribution in [3.05, 3.63) is 11.4 Å². The smallest absolute Gasteiger partial charge is 0.202 e. The van der Waals surface area contributed by atoms with E-state index in [0.717, 1.165) is 37.1 Å². The summed E-state index contributed by atoms with van der Waals surface area (Å²) in [6.45, 7) is 6.97. The molecule has 0 aliphatic carbocycles. The molecule has 27 heavy (non-hydrogen) atoms. The lowest BCUT2D eigenvalue weighted by Gasteiger charge is -2.22. The van der Waals surface area contributed by atoms with E-state index in [4.69, 9.17) is 9.47 Å². The molecule has 1 aromatic heterocycles. The number of hydrogen-bond donors (Lipinski definition) is 4. The van der Waals surface area contributed by atoms with Crippen molar-refractivity contribution in [1.29, 1.82) is 0 Å². The van der Waals surface area contributed by atoms with Crippen LogP contribution in [0.25, 0.3) is 0 Å². The fourth-order valence-electron chi connectivity index (χ4n) is 3.43.